The molecule has 8 heteroatoms. The molecule has 4 nitrogen and oxygen atoms in total. The molecule has 1 aromatic rings. The van der Waals surface area contributed by atoms with Gasteiger partial charge in [-0.15, -0.1) is 0 Å². The third-order valence-corrected chi connectivity index (χ3v) is 5.12. The van der Waals surface area contributed by atoms with Crippen LogP contribution >= 0.6 is 0 Å². The highest BCUT2D eigenvalue weighted by Crippen LogP contribution is 2.34. The number of rotatable bonds is 5. The predicted molar refractivity (Wildman–Crippen MR) is 84.6 cm³/mol. The van der Waals surface area contributed by atoms with E-state index >= 15 is 0 Å². The van der Waals surface area contributed by atoms with Gasteiger partial charge in [0.05, 0.1) is 16.5 Å². The Morgan fingerprint density at radius 1 is 1.21 bits per heavy atom. The van der Waals surface area contributed by atoms with Gasteiger partial charge in [-0.3, -0.25) is 0 Å². The topological polar surface area (TPSA) is 61.2 Å². The molecular formula is C16H21F3N2O2S. The molecule has 0 bridgehead atoms. The molecule has 0 atom stereocenters. The summed E-state index contributed by atoms with van der Waals surface area (Å²) in [6, 6.07) is 4.84. The molecule has 0 heterocycles. The van der Waals surface area contributed by atoms with Crippen LogP contribution in [-0.4, -0.2) is 25.8 Å². The molecule has 0 spiro atoms. The van der Waals surface area contributed by atoms with Crippen LogP contribution in [0.3, 0.4) is 0 Å². The Labute approximate surface area is 140 Å². The van der Waals surface area contributed by atoms with Crippen molar-refractivity contribution in [3.05, 3.63) is 29.3 Å². The zero-order chi connectivity index (χ0) is 18.8. The lowest BCUT2D eigenvalue weighted by Crippen LogP contribution is -2.38. The van der Waals surface area contributed by atoms with Crippen molar-refractivity contribution in [3.8, 4) is 6.07 Å². The summed E-state index contributed by atoms with van der Waals surface area (Å²) in [6.45, 7) is 6.77. The molecule has 0 aliphatic heterocycles. The Kier molecular flexibility index (Phi) is 6.06. The van der Waals surface area contributed by atoms with E-state index in [0.29, 0.717) is 6.07 Å². The third kappa shape index (κ3) is 5.21. The van der Waals surface area contributed by atoms with E-state index in [9.17, 15) is 21.6 Å². The van der Waals surface area contributed by atoms with Gasteiger partial charge in [0.1, 0.15) is 0 Å². The summed E-state index contributed by atoms with van der Waals surface area (Å²) in [4.78, 5) is -0.414. The van der Waals surface area contributed by atoms with Gasteiger partial charge in [0, 0.05) is 19.5 Å². The van der Waals surface area contributed by atoms with Crippen molar-refractivity contribution in [3.63, 3.8) is 0 Å². The zero-order valence-electron chi connectivity index (χ0n) is 14.1. The van der Waals surface area contributed by atoms with Crippen molar-refractivity contribution in [1.29, 1.82) is 5.26 Å². The molecule has 134 valence electrons. The molecule has 0 saturated carbocycles. The second kappa shape index (κ2) is 7.11. The summed E-state index contributed by atoms with van der Waals surface area (Å²) in [7, 11) is -4.12. The number of benzene rings is 1. The van der Waals surface area contributed by atoms with E-state index in [2.05, 4.69) is 0 Å². The van der Waals surface area contributed by atoms with E-state index in [1.165, 1.54) is 13.0 Å². The minimum Gasteiger partial charge on any atom is -0.207 e. The minimum atomic E-state index is -4.63. The Balaban J connectivity index is 3.36. The first-order chi connectivity index (χ1) is 10.8. The Bertz CT molecular complexity index is 729. The average Bonchev–Trinajstić information content (AvgIpc) is 2.41. The third-order valence-electron chi connectivity index (χ3n) is 3.28. The summed E-state index contributed by atoms with van der Waals surface area (Å²) in [5, 5.41) is 8.72. The van der Waals surface area contributed by atoms with E-state index in [1.54, 1.807) is 0 Å². The van der Waals surface area contributed by atoms with Crippen LogP contribution in [0, 0.1) is 23.7 Å². The monoisotopic (exact) mass is 362 g/mol. The van der Waals surface area contributed by atoms with E-state index in [-0.39, 0.29) is 25.1 Å². The minimum absolute atomic E-state index is 0.0344. The van der Waals surface area contributed by atoms with Gasteiger partial charge in [-0.1, -0.05) is 26.8 Å². The lowest BCUT2D eigenvalue weighted by atomic mass is 9.97. The predicted octanol–water partition coefficient (Wildman–Crippen LogP) is 3.96. The number of aryl methyl sites for hydroxylation is 1. The number of alkyl halides is 3. The summed E-state index contributed by atoms with van der Waals surface area (Å²) < 4.78 is 65.7. The van der Waals surface area contributed by atoms with Gasteiger partial charge >= 0.3 is 6.18 Å². The highest BCUT2D eigenvalue weighted by molar-refractivity contribution is 7.89. The largest absolute Gasteiger partial charge is 0.416 e. The molecule has 0 fully saturated rings. The Morgan fingerprint density at radius 3 is 2.25 bits per heavy atom. The first-order valence-electron chi connectivity index (χ1n) is 7.34. The van der Waals surface area contributed by atoms with Crippen LogP contribution < -0.4 is 0 Å². The van der Waals surface area contributed by atoms with Gasteiger partial charge in [-0.25, -0.2) is 8.42 Å². The molecule has 0 aliphatic rings. The van der Waals surface area contributed by atoms with Crippen LogP contribution in [0.15, 0.2) is 23.1 Å². The molecule has 1 aromatic carbocycles. The number of nitrogens with zero attached hydrogens (tertiary/aromatic N) is 2. The van der Waals surface area contributed by atoms with Crippen molar-refractivity contribution in [2.45, 2.75) is 45.2 Å². The number of sulfonamides is 1. The normalized spacial score (nSPS) is 13.1. The van der Waals surface area contributed by atoms with E-state index in [4.69, 9.17) is 5.26 Å². The van der Waals surface area contributed by atoms with Crippen molar-refractivity contribution < 1.29 is 21.6 Å². The highest BCUT2D eigenvalue weighted by atomic mass is 32.2. The Hall–Kier alpha value is -1.59. The van der Waals surface area contributed by atoms with Crippen LogP contribution in [-0.2, 0) is 16.2 Å². The lowest BCUT2D eigenvalue weighted by Gasteiger charge is -2.29. The molecule has 0 aliphatic carbocycles. The number of halogens is 3. The molecule has 0 radical (unpaired) electrons. The van der Waals surface area contributed by atoms with E-state index < -0.39 is 32.1 Å². The van der Waals surface area contributed by atoms with Gasteiger partial charge in [0.25, 0.3) is 0 Å². The average molecular weight is 362 g/mol. The summed E-state index contributed by atoms with van der Waals surface area (Å²) in [5.74, 6) is 0. The maximum absolute atomic E-state index is 13.0. The van der Waals surface area contributed by atoms with Crippen molar-refractivity contribution in [2.24, 2.45) is 5.41 Å². The van der Waals surface area contributed by atoms with Gasteiger partial charge in [0.15, 0.2) is 0 Å². The summed E-state index contributed by atoms with van der Waals surface area (Å²) in [6.07, 6.45) is -4.66. The molecule has 0 amide bonds. The Morgan fingerprint density at radius 2 is 1.79 bits per heavy atom. The molecule has 0 saturated heterocycles. The second-order valence-corrected chi connectivity index (χ2v) is 8.72. The standard InChI is InChI=1S/C16H21F3N2O2S/c1-12-6-7-13(10-14(12)16(17,18)19)24(22,23)21(9-5-8-20)11-15(2,3)4/h6-7,10H,5,9,11H2,1-4H3. The van der Waals surface area contributed by atoms with Crippen LogP contribution in [0.25, 0.3) is 0 Å². The molecule has 24 heavy (non-hydrogen) atoms. The van der Waals surface area contributed by atoms with Gasteiger partial charge in [-0.2, -0.15) is 22.7 Å². The molecule has 0 unspecified atom stereocenters. The first-order valence-corrected chi connectivity index (χ1v) is 8.78. The van der Waals surface area contributed by atoms with Crippen molar-refractivity contribution in [2.75, 3.05) is 13.1 Å². The van der Waals surface area contributed by atoms with Crippen LogP contribution in [0.4, 0.5) is 13.2 Å². The van der Waals surface area contributed by atoms with Gasteiger partial charge in [-0.05, 0) is 30.0 Å². The van der Waals surface area contributed by atoms with Gasteiger partial charge < -0.3 is 0 Å². The maximum atomic E-state index is 13.0. The van der Waals surface area contributed by atoms with Gasteiger partial charge in [0.2, 0.25) is 10.0 Å². The molecule has 0 N–H and O–H groups in total. The SMILES string of the molecule is Cc1ccc(S(=O)(=O)N(CCC#N)CC(C)(C)C)cc1C(F)(F)F. The summed E-state index contributed by atoms with van der Waals surface area (Å²) in [5.41, 5.74) is -1.42. The first kappa shape index (κ1) is 20.5. The fourth-order valence-corrected chi connectivity index (χ4v) is 3.90. The maximum Gasteiger partial charge on any atom is 0.416 e. The number of hydrogen-bond donors (Lipinski definition) is 0. The quantitative estimate of drug-likeness (QED) is 0.796. The van der Waals surface area contributed by atoms with Crippen LogP contribution in [0.2, 0.25) is 0 Å². The summed E-state index contributed by atoms with van der Waals surface area (Å²) >= 11 is 0. The zero-order valence-corrected chi connectivity index (χ0v) is 14.9. The van der Waals surface area contributed by atoms with Crippen LogP contribution in [0.1, 0.15) is 38.3 Å². The number of nitriles is 1. The number of hydrogen-bond acceptors (Lipinski definition) is 3. The lowest BCUT2D eigenvalue weighted by molar-refractivity contribution is -0.138. The molecular weight excluding hydrogens is 341 g/mol. The van der Waals surface area contributed by atoms with Crippen molar-refractivity contribution >= 4 is 10.0 Å². The van der Waals surface area contributed by atoms with E-state index in [1.807, 2.05) is 26.8 Å². The van der Waals surface area contributed by atoms with Crippen molar-refractivity contribution in [1.82, 2.24) is 4.31 Å². The molecule has 1 rings (SSSR count). The molecule has 0 aromatic heterocycles. The smallest absolute Gasteiger partial charge is 0.207 e. The van der Waals surface area contributed by atoms with E-state index in [0.717, 1.165) is 10.4 Å². The second-order valence-electron chi connectivity index (χ2n) is 6.78. The fraction of sp³-hybridized carbons (Fsp3) is 0.562. The highest BCUT2D eigenvalue weighted by Gasteiger charge is 2.35. The fourth-order valence-electron chi connectivity index (χ4n) is 2.20. The van der Waals surface area contributed by atoms with Crippen LogP contribution in [0.5, 0.6) is 0 Å².